The lowest BCUT2D eigenvalue weighted by atomic mass is 10.0. The molecule has 0 atom stereocenters. The third-order valence-electron chi connectivity index (χ3n) is 10.0. The van der Waals surface area contributed by atoms with Crippen molar-refractivity contribution in [2.45, 2.75) is 219 Å². The molecular formula is C40H80N2O. The Kier molecular flexibility index (Phi) is 30.9. The topological polar surface area (TPSA) is 23.6 Å². The van der Waals surface area contributed by atoms with Gasteiger partial charge in [0.1, 0.15) is 0 Å². The van der Waals surface area contributed by atoms with Crippen LogP contribution >= 0.6 is 0 Å². The maximum absolute atomic E-state index is 12.7. The van der Waals surface area contributed by atoms with Crippen molar-refractivity contribution in [1.82, 2.24) is 9.80 Å². The molecular weight excluding hydrogens is 524 g/mol. The fourth-order valence-electron chi connectivity index (χ4n) is 6.91. The van der Waals surface area contributed by atoms with Crippen molar-refractivity contribution < 1.29 is 4.79 Å². The minimum absolute atomic E-state index is 0.414. The molecule has 0 spiro atoms. The lowest BCUT2D eigenvalue weighted by Gasteiger charge is -2.34. The van der Waals surface area contributed by atoms with Gasteiger partial charge < -0.3 is 4.90 Å². The number of piperazine rings is 1. The van der Waals surface area contributed by atoms with Gasteiger partial charge in [-0.1, -0.05) is 200 Å². The summed E-state index contributed by atoms with van der Waals surface area (Å²) >= 11 is 0. The molecule has 0 saturated carbocycles. The highest BCUT2D eigenvalue weighted by Crippen LogP contribution is 2.16. The highest BCUT2D eigenvalue weighted by atomic mass is 16.2. The number of amides is 1. The Hall–Kier alpha value is -0.570. The van der Waals surface area contributed by atoms with Crippen LogP contribution in [0.25, 0.3) is 0 Å². The predicted octanol–water partition coefficient (Wildman–Crippen LogP) is 12.7. The van der Waals surface area contributed by atoms with E-state index >= 15 is 0 Å². The first kappa shape index (κ1) is 40.5. The molecule has 0 aromatic carbocycles. The number of nitrogens with zero attached hydrogens (tertiary/aromatic N) is 2. The van der Waals surface area contributed by atoms with Crippen molar-refractivity contribution in [3.05, 3.63) is 0 Å². The van der Waals surface area contributed by atoms with E-state index in [0.717, 1.165) is 39.0 Å². The molecule has 1 amide bonds. The Morgan fingerprint density at radius 3 is 0.977 bits per heavy atom. The molecule has 43 heavy (non-hydrogen) atoms. The zero-order valence-corrected chi connectivity index (χ0v) is 30.0. The molecule has 0 unspecified atom stereocenters. The molecule has 3 heteroatoms. The fourth-order valence-corrected chi connectivity index (χ4v) is 6.91. The van der Waals surface area contributed by atoms with Gasteiger partial charge >= 0.3 is 0 Å². The Morgan fingerprint density at radius 1 is 0.372 bits per heavy atom. The number of hydrogen-bond acceptors (Lipinski definition) is 2. The molecule has 1 fully saturated rings. The maximum atomic E-state index is 12.7. The van der Waals surface area contributed by atoms with Gasteiger partial charge in [0.05, 0.1) is 0 Å². The van der Waals surface area contributed by atoms with Gasteiger partial charge in [0.2, 0.25) is 5.91 Å². The molecule has 1 saturated heterocycles. The smallest absolute Gasteiger partial charge is 0.222 e. The van der Waals surface area contributed by atoms with Gasteiger partial charge in [-0.3, -0.25) is 9.69 Å². The molecule has 256 valence electrons. The minimum atomic E-state index is 0.414. The van der Waals surface area contributed by atoms with Gasteiger partial charge in [-0.05, 0) is 19.4 Å². The van der Waals surface area contributed by atoms with Gasteiger partial charge in [-0.15, -0.1) is 0 Å². The van der Waals surface area contributed by atoms with E-state index in [2.05, 4.69) is 23.6 Å². The summed E-state index contributed by atoms with van der Waals surface area (Å²) in [6, 6.07) is 0. The van der Waals surface area contributed by atoms with Crippen LogP contribution in [0.15, 0.2) is 0 Å². The van der Waals surface area contributed by atoms with Gasteiger partial charge in [0.25, 0.3) is 0 Å². The highest BCUT2D eigenvalue weighted by Gasteiger charge is 2.20. The SMILES string of the molecule is CCCCCCCCCCCCCCCCCCN1CCN(C(=O)CCCCCCCCCCCCCCCCC)CC1. The molecule has 0 bridgehead atoms. The van der Waals surface area contributed by atoms with Gasteiger partial charge in [-0.2, -0.15) is 0 Å². The maximum Gasteiger partial charge on any atom is 0.222 e. The summed E-state index contributed by atoms with van der Waals surface area (Å²) in [7, 11) is 0. The van der Waals surface area contributed by atoms with Crippen LogP contribution in [0.2, 0.25) is 0 Å². The van der Waals surface area contributed by atoms with E-state index in [9.17, 15) is 4.79 Å². The number of unbranched alkanes of at least 4 members (excludes halogenated alkanes) is 29. The Bertz CT molecular complexity index is 557. The zero-order valence-electron chi connectivity index (χ0n) is 30.0. The molecule has 0 radical (unpaired) electrons. The van der Waals surface area contributed by atoms with E-state index < -0.39 is 0 Å². The molecule has 3 nitrogen and oxygen atoms in total. The summed E-state index contributed by atoms with van der Waals surface area (Å²) in [5.41, 5.74) is 0. The average molecular weight is 605 g/mol. The molecule has 0 aliphatic carbocycles. The molecule has 0 N–H and O–H groups in total. The third kappa shape index (κ3) is 27.5. The summed E-state index contributed by atoms with van der Waals surface area (Å²) < 4.78 is 0. The monoisotopic (exact) mass is 605 g/mol. The van der Waals surface area contributed by atoms with E-state index in [4.69, 9.17) is 0 Å². The van der Waals surface area contributed by atoms with Gasteiger partial charge in [0, 0.05) is 32.6 Å². The van der Waals surface area contributed by atoms with Crippen LogP contribution < -0.4 is 0 Å². The second-order valence-corrected chi connectivity index (χ2v) is 14.2. The number of carbonyl (C=O) groups is 1. The van der Waals surface area contributed by atoms with Crippen LogP contribution in [0, 0.1) is 0 Å². The van der Waals surface area contributed by atoms with Crippen molar-refractivity contribution in [3.8, 4) is 0 Å². The lowest BCUT2D eigenvalue weighted by Crippen LogP contribution is -2.48. The van der Waals surface area contributed by atoms with Crippen molar-refractivity contribution in [3.63, 3.8) is 0 Å². The van der Waals surface area contributed by atoms with E-state index in [0.29, 0.717) is 5.91 Å². The Morgan fingerprint density at radius 2 is 0.651 bits per heavy atom. The van der Waals surface area contributed by atoms with Gasteiger partial charge in [-0.25, -0.2) is 0 Å². The largest absolute Gasteiger partial charge is 0.340 e. The Balaban J connectivity index is 1.79. The minimum Gasteiger partial charge on any atom is -0.340 e. The molecule has 0 aromatic rings. The van der Waals surface area contributed by atoms with E-state index in [1.165, 1.54) is 199 Å². The number of hydrogen-bond donors (Lipinski definition) is 0. The van der Waals surface area contributed by atoms with Crippen LogP contribution in [0.4, 0.5) is 0 Å². The van der Waals surface area contributed by atoms with Crippen molar-refractivity contribution in [2.75, 3.05) is 32.7 Å². The second-order valence-electron chi connectivity index (χ2n) is 14.2. The summed E-state index contributed by atoms with van der Waals surface area (Å²) in [5, 5.41) is 0. The normalized spacial score (nSPS) is 14.1. The van der Waals surface area contributed by atoms with Crippen LogP contribution in [-0.4, -0.2) is 48.4 Å². The summed E-state index contributed by atoms with van der Waals surface area (Å²) in [4.78, 5) is 17.4. The van der Waals surface area contributed by atoms with Crippen LogP contribution in [0.5, 0.6) is 0 Å². The number of rotatable bonds is 33. The summed E-state index contributed by atoms with van der Waals surface area (Å²) in [6.45, 7) is 9.91. The molecule has 1 heterocycles. The first-order valence-electron chi connectivity index (χ1n) is 20.3. The zero-order chi connectivity index (χ0) is 30.9. The van der Waals surface area contributed by atoms with Crippen LogP contribution in [0.3, 0.4) is 0 Å². The third-order valence-corrected chi connectivity index (χ3v) is 10.0. The van der Waals surface area contributed by atoms with E-state index in [1.54, 1.807) is 0 Å². The van der Waals surface area contributed by atoms with Gasteiger partial charge in [0.15, 0.2) is 0 Å². The second kappa shape index (κ2) is 32.8. The molecule has 1 rings (SSSR count). The van der Waals surface area contributed by atoms with E-state index in [-0.39, 0.29) is 0 Å². The van der Waals surface area contributed by atoms with Crippen molar-refractivity contribution >= 4 is 5.91 Å². The summed E-state index contributed by atoms with van der Waals surface area (Å²) in [6.07, 6.45) is 44.4. The molecule has 1 aliphatic rings. The van der Waals surface area contributed by atoms with Crippen molar-refractivity contribution in [1.29, 1.82) is 0 Å². The average Bonchev–Trinajstić information content (AvgIpc) is 3.03. The fraction of sp³-hybridized carbons (Fsp3) is 0.975. The highest BCUT2D eigenvalue weighted by molar-refractivity contribution is 5.76. The molecule has 0 aromatic heterocycles. The lowest BCUT2D eigenvalue weighted by molar-refractivity contribution is -0.133. The standard InChI is InChI=1S/C40H80N2O/c1-3-5-7-9-11-13-15-17-19-21-23-25-27-29-31-33-35-41-36-38-42(39-37-41)40(43)34-32-30-28-26-24-22-20-18-16-14-12-10-8-6-4-2/h3-39H2,1-2H3. The van der Waals surface area contributed by atoms with Crippen LogP contribution in [0.1, 0.15) is 219 Å². The van der Waals surface area contributed by atoms with Crippen LogP contribution in [-0.2, 0) is 4.79 Å². The van der Waals surface area contributed by atoms with E-state index in [1.807, 2.05) is 0 Å². The first-order chi connectivity index (χ1) is 21.3. The predicted molar refractivity (Wildman–Crippen MR) is 192 cm³/mol. The molecule has 1 aliphatic heterocycles. The number of carbonyl (C=O) groups excluding carboxylic acids is 1. The Labute approximate surface area is 272 Å². The summed E-state index contributed by atoms with van der Waals surface area (Å²) in [5.74, 6) is 0.414. The first-order valence-corrected chi connectivity index (χ1v) is 20.3. The van der Waals surface area contributed by atoms with Crippen molar-refractivity contribution in [2.24, 2.45) is 0 Å². The quantitative estimate of drug-likeness (QED) is 0.0696.